The summed E-state index contributed by atoms with van der Waals surface area (Å²) >= 11 is 0. The van der Waals surface area contributed by atoms with Crippen LogP contribution in [0, 0.1) is 17.8 Å². The van der Waals surface area contributed by atoms with Crippen molar-refractivity contribution < 1.29 is 48.6 Å². The summed E-state index contributed by atoms with van der Waals surface area (Å²) in [6, 6.07) is 21.7. The zero-order chi connectivity index (χ0) is 89.1. The minimum Gasteiger partial charge on any atom is -0.505 e. The van der Waals surface area contributed by atoms with E-state index in [0.29, 0.717) is 97.9 Å². The van der Waals surface area contributed by atoms with Crippen molar-refractivity contribution in [1.29, 1.82) is 0 Å². The number of aryl methyl sites for hydroxylation is 2. The molecule has 686 valence electrons. The molecule has 4 heterocycles. The molecule has 2 aliphatic rings. The van der Waals surface area contributed by atoms with Crippen molar-refractivity contribution in [2.45, 2.75) is 446 Å². The maximum Gasteiger partial charge on any atom is 0.252 e. The zero-order valence-corrected chi connectivity index (χ0v) is 78.3. The van der Waals surface area contributed by atoms with E-state index in [1.165, 1.54) is 209 Å². The summed E-state index contributed by atoms with van der Waals surface area (Å²) in [7, 11) is 0. The van der Waals surface area contributed by atoms with E-state index in [2.05, 4.69) is 20.8 Å². The molecule has 3 unspecified atom stereocenters. The SMILES string of the molecule is CCCCCCCCCCCCCCCCCCC1CC(=O)N(N(C(=O)CCc2cc(-n3nc4ccccc4n3)c(O)c(C(C)(C)C)c2)C(=O)CC(CCCCCCCCCCCCCCCCCC)C(=O)N(C(=O)CCc2cc(-n3nc4ccccc4n3)c(O)c(C(C)(C)C)c2)N2C(=O)CC(CCCCCCCCCCCCCCCCCC)C2=O)C1=O. The summed E-state index contributed by atoms with van der Waals surface area (Å²) in [4.78, 5) is 127. The number of rotatable bonds is 64. The molecule has 0 bridgehead atoms. The highest BCUT2D eigenvalue weighted by Crippen LogP contribution is 2.40. The number of phenols is 2. The maximum absolute atomic E-state index is 16.4. The number of carbonyl (C=O) groups excluding carboxylic acids is 8. The molecule has 0 saturated carbocycles. The second-order valence-electron chi connectivity index (χ2n) is 38.7. The highest BCUT2D eigenvalue weighted by molar-refractivity contribution is 6.11. The fraction of sp³-hybridized carbons (Fsp3) is 0.692. The Morgan fingerprint density at radius 3 is 0.927 bits per heavy atom. The number of carbonyl (C=O) groups is 8. The van der Waals surface area contributed by atoms with Crippen LogP contribution >= 0.6 is 0 Å². The number of unbranched alkanes of at least 4 members (excludes halogenated alkanes) is 45. The van der Waals surface area contributed by atoms with Crippen LogP contribution in [0.5, 0.6) is 11.5 Å². The van der Waals surface area contributed by atoms with Crippen molar-refractivity contribution in [2.75, 3.05) is 0 Å². The first kappa shape index (κ1) is 101. The second kappa shape index (κ2) is 54.8. The van der Waals surface area contributed by atoms with Crippen LogP contribution in [0.3, 0.4) is 0 Å². The summed E-state index contributed by atoms with van der Waals surface area (Å²) in [5.74, 6) is -9.73. The molecule has 0 radical (unpaired) electrons. The summed E-state index contributed by atoms with van der Waals surface area (Å²) in [5, 5.41) is 45.6. The van der Waals surface area contributed by atoms with Crippen molar-refractivity contribution in [3.63, 3.8) is 0 Å². The van der Waals surface area contributed by atoms with Crippen LogP contribution < -0.4 is 0 Å². The molecule has 0 spiro atoms. The Hall–Kier alpha value is -8.16. The van der Waals surface area contributed by atoms with Gasteiger partial charge in [-0.15, -0.1) is 30.0 Å². The van der Waals surface area contributed by atoms with Crippen LogP contribution in [-0.2, 0) is 62.0 Å². The van der Waals surface area contributed by atoms with E-state index in [-0.39, 0.29) is 55.0 Å². The first-order chi connectivity index (χ1) is 59.9. The van der Waals surface area contributed by atoms with Gasteiger partial charge in [0.15, 0.2) is 0 Å². The van der Waals surface area contributed by atoms with E-state index in [0.717, 1.165) is 88.5 Å². The van der Waals surface area contributed by atoms with Gasteiger partial charge in [-0.25, -0.2) is 0 Å². The molecule has 4 aromatic carbocycles. The molecular weight excluding hydrogens is 1550 g/mol. The van der Waals surface area contributed by atoms with Crippen LogP contribution in [0.1, 0.15) is 444 Å². The molecular formula is C104H160N10O10. The zero-order valence-electron chi connectivity index (χ0n) is 78.3. The summed E-state index contributed by atoms with van der Waals surface area (Å²) in [5.41, 5.74) is 3.91. The van der Waals surface area contributed by atoms with Gasteiger partial charge in [0.05, 0.1) is 0 Å². The number of phenolic OH excluding ortho intramolecular Hbond substituents is 2. The highest BCUT2D eigenvalue weighted by atomic mass is 16.3. The lowest BCUT2D eigenvalue weighted by Crippen LogP contribution is -2.56. The monoisotopic (exact) mass is 1710 g/mol. The Morgan fingerprint density at radius 2 is 0.637 bits per heavy atom. The van der Waals surface area contributed by atoms with E-state index in [1.807, 2.05) is 90.1 Å². The highest BCUT2D eigenvalue weighted by Gasteiger charge is 2.50. The topological polar surface area (TPSA) is 251 Å². The Balaban J connectivity index is 1.07. The first-order valence-corrected chi connectivity index (χ1v) is 49.8. The minimum absolute atomic E-state index is 0.00126. The molecule has 0 aliphatic carbocycles. The Morgan fingerprint density at radius 1 is 0.371 bits per heavy atom. The smallest absolute Gasteiger partial charge is 0.252 e. The van der Waals surface area contributed by atoms with Gasteiger partial charge in [0, 0.05) is 61.0 Å². The van der Waals surface area contributed by atoms with Gasteiger partial charge in [-0.3, -0.25) is 38.4 Å². The van der Waals surface area contributed by atoms with E-state index in [4.69, 9.17) is 20.4 Å². The van der Waals surface area contributed by atoms with Crippen molar-refractivity contribution in [3.05, 3.63) is 95.1 Å². The van der Waals surface area contributed by atoms with Gasteiger partial charge >= 0.3 is 0 Å². The number of aromatic nitrogens is 6. The van der Waals surface area contributed by atoms with E-state index >= 15 is 28.8 Å². The van der Waals surface area contributed by atoms with Gasteiger partial charge < -0.3 is 10.2 Å². The standard InChI is InChI=1S/C104H160N10O10/c1-10-13-16-19-22-25-28-31-34-37-40-43-46-49-52-55-62-82(100(122)110(112-97(119)79-84(102(112)124)64-57-54-51-48-45-42-39-36-33-30-27-24-21-18-15-12-3)94(116)72-70-81-74-86(104(7,8)9)99(121)92(76-81)114-107-89-67-60-61-68-90(89)108-114)77-95(117)109(111-96(118)78-83(101(111)123)63-56-53-50-47-44-41-38-35-32-29-26-23-20-17-14-11-2)93(115)71-69-80-73-85(103(4,5)6)98(120)91(75-80)113-105-87-65-58-59-66-88(87)106-113/h58-61,65-68,73-76,82-84,120-121H,10-57,62-64,69-72,77-79H2,1-9H3. The molecule has 8 amide bonds. The van der Waals surface area contributed by atoms with Crippen molar-refractivity contribution in [1.82, 2.24) is 50.0 Å². The van der Waals surface area contributed by atoms with Crippen LogP contribution in [0.2, 0.25) is 0 Å². The lowest BCUT2D eigenvalue weighted by atomic mass is 9.84. The Kier molecular flexibility index (Phi) is 44.7. The van der Waals surface area contributed by atoms with Crippen LogP contribution in [0.25, 0.3) is 33.4 Å². The van der Waals surface area contributed by atoms with Gasteiger partial charge in [-0.05, 0) is 90.5 Å². The number of hydrogen-bond acceptors (Lipinski definition) is 14. The number of hydrazine groups is 2. The lowest BCUT2D eigenvalue weighted by Gasteiger charge is -2.33. The van der Waals surface area contributed by atoms with Crippen LogP contribution in [0.15, 0.2) is 72.8 Å². The molecule has 2 saturated heterocycles. The molecule has 2 fully saturated rings. The van der Waals surface area contributed by atoms with Crippen LogP contribution in [-0.4, -0.2) is 107 Å². The molecule has 20 heteroatoms. The number of imide groups is 4. The largest absolute Gasteiger partial charge is 0.505 e. The van der Waals surface area contributed by atoms with E-state index < -0.39 is 95.1 Å². The first-order valence-electron chi connectivity index (χ1n) is 49.8. The number of amides is 8. The quantitative estimate of drug-likeness (QED) is 0.0266. The van der Waals surface area contributed by atoms with Gasteiger partial charge in [0.2, 0.25) is 29.5 Å². The summed E-state index contributed by atoms with van der Waals surface area (Å²) in [6.45, 7) is 18.5. The average Bonchev–Trinajstić information content (AvgIpc) is 1.57. The number of fused-ring (bicyclic) bond motifs is 2. The molecule has 20 nitrogen and oxygen atoms in total. The van der Waals surface area contributed by atoms with Gasteiger partial charge in [0.1, 0.15) is 44.9 Å². The third kappa shape index (κ3) is 32.9. The summed E-state index contributed by atoms with van der Waals surface area (Å²) in [6.07, 6.45) is 53.9. The maximum atomic E-state index is 16.4. The predicted octanol–water partition coefficient (Wildman–Crippen LogP) is 26.0. The molecule has 2 aliphatic heterocycles. The third-order valence-corrected chi connectivity index (χ3v) is 25.9. The Labute approximate surface area is 745 Å². The van der Waals surface area contributed by atoms with Crippen molar-refractivity contribution >= 4 is 69.3 Å². The fourth-order valence-corrected chi connectivity index (χ4v) is 18.3. The predicted molar refractivity (Wildman–Crippen MR) is 499 cm³/mol. The second-order valence-corrected chi connectivity index (χ2v) is 38.7. The Bertz CT molecular complexity index is 4180. The number of benzene rings is 4. The molecule has 6 aromatic rings. The van der Waals surface area contributed by atoms with Crippen molar-refractivity contribution in [3.8, 4) is 22.9 Å². The van der Waals surface area contributed by atoms with E-state index in [1.54, 1.807) is 24.3 Å². The summed E-state index contributed by atoms with van der Waals surface area (Å²) < 4.78 is 0. The fourth-order valence-electron chi connectivity index (χ4n) is 18.3. The van der Waals surface area contributed by atoms with Gasteiger partial charge in [0.25, 0.3) is 17.7 Å². The van der Waals surface area contributed by atoms with Crippen LogP contribution in [0.4, 0.5) is 0 Å². The molecule has 2 N–H and O–H groups in total. The number of hydrogen-bond donors (Lipinski definition) is 2. The van der Waals surface area contributed by atoms with Gasteiger partial charge in [-0.1, -0.05) is 407 Å². The lowest BCUT2D eigenvalue weighted by molar-refractivity contribution is -0.181. The van der Waals surface area contributed by atoms with E-state index in [9.17, 15) is 19.8 Å². The third-order valence-electron chi connectivity index (χ3n) is 25.9. The average molecular weight is 1710 g/mol. The number of aromatic hydroxyl groups is 2. The number of nitrogens with zero attached hydrogens (tertiary/aromatic N) is 10. The van der Waals surface area contributed by atoms with Gasteiger partial charge in [-0.2, -0.15) is 20.0 Å². The molecule has 8 rings (SSSR count). The minimum atomic E-state index is -1.44. The molecule has 2 aromatic heterocycles. The normalized spacial score (nSPS) is 14.8. The van der Waals surface area contributed by atoms with Crippen molar-refractivity contribution in [2.24, 2.45) is 17.8 Å². The molecule has 124 heavy (non-hydrogen) atoms. The molecule has 3 atom stereocenters.